The number of nitrogens with zero attached hydrogens (tertiary/aromatic N) is 3. The van der Waals surface area contributed by atoms with Crippen molar-refractivity contribution in [3.8, 4) is 0 Å². The Morgan fingerprint density at radius 2 is 2.10 bits per heavy atom. The number of hydrogen-bond acceptors (Lipinski definition) is 4. The lowest BCUT2D eigenvalue weighted by atomic mass is 10.2. The fourth-order valence-corrected chi connectivity index (χ4v) is 2.27. The molecular weight excluding hydrogens is 250 g/mol. The minimum Gasteiger partial charge on any atom is -0.460 e. The van der Waals surface area contributed by atoms with Gasteiger partial charge in [0.25, 0.3) is 0 Å². The lowest BCUT2D eigenvalue weighted by molar-refractivity contribution is 0.231. The van der Waals surface area contributed by atoms with Crippen molar-refractivity contribution in [2.24, 2.45) is 0 Å². The van der Waals surface area contributed by atoms with Gasteiger partial charge in [-0.15, -0.1) is 0 Å². The summed E-state index contributed by atoms with van der Waals surface area (Å²) in [5, 5.41) is 1.14. The predicted octanol–water partition coefficient (Wildman–Crippen LogP) is 3.42. The number of para-hydroxylation sites is 1. The fraction of sp³-hybridized carbons (Fsp3) is 0.250. The Labute approximate surface area is 118 Å². The number of fused-ring (bicyclic) bond motifs is 1. The molecule has 3 rings (SSSR count). The minimum atomic E-state index is 0.214. The van der Waals surface area contributed by atoms with Gasteiger partial charge in [0.05, 0.1) is 12.2 Å². The lowest BCUT2D eigenvalue weighted by Crippen LogP contribution is -2.22. The molecule has 0 fully saturated rings. The molecule has 0 aliphatic carbocycles. The van der Waals surface area contributed by atoms with Crippen LogP contribution in [0.2, 0.25) is 0 Å². The van der Waals surface area contributed by atoms with Crippen molar-refractivity contribution in [2.45, 2.75) is 19.5 Å². The zero-order valence-corrected chi connectivity index (χ0v) is 11.7. The largest absolute Gasteiger partial charge is 0.460 e. The zero-order valence-electron chi connectivity index (χ0n) is 11.7. The molecule has 1 aromatic carbocycles. The first-order valence-electron chi connectivity index (χ1n) is 6.67. The summed E-state index contributed by atoms with van der Waals surface area (Å²) in [5.74, 6) is 0.967. The third-order valence-electron chi connectivity index (χ3n) is 3.58. The first-order chi connectivity index (χ1) is 9.74. The standard InChI is InChI=1S/C16H17N3O/c1-12(15-7-8-17-11-18-15)19(2)10-14-9-13-5-3-4-6-16(13)20-14/h3-9,11-12H,10H2,1-2H3/t12-/m1/s1. The quantitative estimate of drug-likeness (QED) is 0.726. The van der Waals surface area contributed by atoms with Gasteiger partial charge in [0, 0.05) is 17.6 Å². The van der Waals surface area contributed by atoms with Crippen LogP contribution in [0.4, 0.5) is 0 Å². The SMILES string of the molecule is C[C@H](c1ccncn1)N(C)Cc1cc2ccccc2o1. The molecule has 0 aliphatic rings. The highest BCUT2D eigenvalue weighted by Crippen LogP contribution is 2.23. The number of furan rings is 1. The molecule has 1 atom stereocenters. The monoisotopic (exact) mass is 267 g/mol. The van der Waals surface area contributed by atoms with Gasteiger partial charge < -0.3 is 4.42 Å². The van der Waals surface area contributed by atoms with Gasteiger partial charge in [-0.3, -0.25) is 4.90 Å². The molecule has 0 saturated carbocycles. The van der Waals surface area contributed by atoms with Gasteiger partial charge >= 0.3 is 0 Å². The summed E-state index contributed by atoms with van der Waals surface area (Å²) < 4.78 is 5.85. The molecule has 4 nitrogen and oxygen atoms in total. The van der Waals surface area contributed by atoms with Crippen molar-refractivity contribution in [3.63, 3.8) is 0 Å². The highest BCUT2D eigenvalue weighted by atomic mass is 16.3. The summed E-state index contributed by atoms with van der Waals surface area (Å²) in [6, 6.07) is 12.3. The number of benzene rings is 1. The first-order valence-corrected chi connectivity index (χ1v) is 6.67. The molecule has 2 heterocycles. The van der Waals surface area contributed by atoms with Crippen molar-refractivity contribution in [2.75, 3.05) is 7.05 Å². The van der Waals surface area contributed by atoms with Crippen LogP contribution >= 0.6 is 0 Å². The third-order valence-corrected chi connectivity index (χ3v) is 3.58. The topological polar surface area (TPSA) is 42.2 Å². The molecule has 0 radical (unpaired) electrons. The molecule has 20 heavy (non-hydrogen) atoms. The summed E-state index contributed by atoms with van der Waals surface area (Å²) in [6.45, 7) is 2.88. The molecule has 0 spiro atoms. The maximum atomic E-state index is 5.85. The van der Waals surface area contributed by atoms with Crippen LogP contribution in [0.15, 0.2) is 53.3 Å². The highest BCUT2D eigenvalue weighted by molar-refractivity contribution is 5.77. The van der Waals surface area contributed by atoms with Crippen LogP contribution in [-0.4, -0.2) is 21.9 Å². The predicted molar refractivity (Wildman–Crippen MR) is 78.1 cm³/mol. The van der Waals surface area contributed by atoms with E-state index in [0.29, 0.717) is 0 Å². The molecule has 3 aromatic rings. The molecule has 2 aromatic heterocycles. The van der Waals surface area contributed by atoms with Crippen molar-refractivity contribution in [1.29, 1.82) is 0 Å². The highest BCUT2D eigenvalue weighted by Gasteiger charge is 2.15. The van der Waals surface area contributed by atoms with Crippen LogP contribution < -0.4 is 0 Å². The van der Waals surface area contributed by atoms with Gasteiger partial charge in [-0.2, -0.15) is 0 Å². The molecular formula is C16H17N3O. The van der Waals surface area contributed by atoms with Gasteiger partial charge in [0.2, 0.25) is 0 Å². The summed E-state index contributed by atoms with van der Waals surface area (Å²) in [6.07, 6.45) is 3.36. The van der Waals surface area contributed by atoms with E-state index >= 15 is 0 Å². The molecule has 0 saturated heterocycles. The third kappa shape index (κ3) is 2.56. The van der Waals surface area contributed by atoms with Gasteiger partial charge in [0.1, 0.15) is 17.7 Å². The Morgan fingerprint density at radius 1 is 1.25 bits per heavy atom. The maximum absolute atomic E-state index is 5.85. The molecule has 0 N–H and O–H groups in total. The summed E-state index contributed by atoms with van der Waals surface area (Å²) in [4.78, 5) is 10.5. The number of hydrogen-bond donors (Lipinski definition) is 0. The molecule has 4 heteroatoms. The Morgan fingerprint density at radius 3 is 2.85 bits per heavy atom. The van der Waals surface area contributed by atoms with E-state index < -0.39 is 0 Å². The molecule has 0 amide bonds. The van der Waals surface area contributed by atoms with Crippen LogP contribution in [0, 0.1) is 0 Å². The first kappa shape index (κ1) is 12.8. The second-order valence-electron chi connectivity index (χ2n) is 4.98. The van der Waals surface area contributed by atoms with Gasteiger partial charge in [-0.05, 0) is 32.2 Å². The Hall–Kier alpha value is -2.20. The molecule has 0 bridgehead atoms. The number of rotatable bonds is 4. The van der Waals surface area contributed by atoms with Crippen molar-refractivity contribution in [3.05, 3.63) is 60.4 Å². The van der Waals surface area contributed by atoms with E-state index in [-0.39, 0.29) is 6.04 Å². The maximum Gasteiger partial charge on any atom is 0.134 e. The zero-order chi connectivity index (χ0) is 13.9. The lowest BCUT2D eigenvalue weighted by Gasteiger charge is -2.22. The van der Waals surface area contributed by atoms with E-state index in [9.17, 15) is 0 Å². The normalized spacial score (nSPS) is 12.9. The second-order valence-corrected chi connectivity index (χ2v) is 4.98. The van der Waals surface area contributed by atoms with Crippen molar-refractivity contribution in [1.82, 2.24) is 14.9 Å². The van der Waals surface area contributed by atoms with E-state index in [1.165, 1.54) is 0 Å². The summed E-state index contributed by atoms with van der Waals surface area (Å²) in [5.41, 5.74) is 1.95. The smallest absolute Gasteiger partial charge is 0.134 e. The van der Waals surface area contributed by atoms with Crippen LogP contribution in [0.1, 0.15) is 24.4 Å². The van der Waals surface area contributed by atoms with E-state index in [2.05, 4.69) is 41.0 Å². The Bertz CT molecular complexity index is 660. The van der Waals surface area contributed by atoms with Gasteiger partial charge in [0.15, 0.2) is 0 Å². The van der Waals surface area contributed by atoms with E-state index in [1.54, 1.807) is 12.5 Å². The van der Waals surface area contributed by atoms with Crippen LogP contribution in [-0.2, 0) is 6.54 Å². The van der Waals surface area contributed by atoms with Crippen molar-refractivity contribution < 1.29 is 4.42 Å². The molecule has 102 valence electrons. The minimum absolute atomic E-state index is 0.214. The average molecular weight is 267 g/mol. The van der Waals surface area contributed by atoms with Crippen LogP contribution in [0.5, 0.6) is 0 Å². The van der Waals surface area contributed by atoms with Crippen LogP contribution in [0.3, 0.4) is 0 Å². The van der Waals surface area contributed by atoms with Gasteiger partial charge in [-0.1, -0.05) is 18.2 Å². The van der Waals surface area contributed by atoms with E-state index in [1.807, 2.05) is 24.3 Å². The average Bonchev–Trinajstić information content (AvgIpc) is 2.89. The summed E-state index contributed by atoms with van der Waals surface area (Å²) >= 11 is 0. The Balaban J connectivity index is 1.76. The second kappa shape index (κ2) is 5.43. The van der Waals surface area contributed by atoms with Crippen LogP contribution in [0.25, 0.3) is 11.0 Å². The number of aromatic nitrogens is 2. The van der Waals surface area contributed by atoms with E-state index in [0.717, 1.165) is 29.0 Å². The Kier molecular flexibility index (Phi) is 3.48. The summed E-state index contributed by atoms with van der Waals surface area (Å²) in [7, 11) is 2.07. The molecule has 0 aliphatic heterocycles. The van der Waals surface area contributed by atoms with E-state index in [4.69, 9.17) is 4.42 Å². The fourth-order valence-electron chi connectivity index (χ4n) is 2.27. The van der Waals surface area contributed by atoms with Crippen molar-refractivity contribution >= 4 is 11.0 Å². The molecule has 0 unspecified atom stereocenters. The van der Waals surface area contributed by atoms with Gasteiger partial charge in [-0.25, -0.2) is 9.97 Å².